The number of aryl methyl sites for hydroxylation is 1. The molecule has 2 aliphatic heterocycles. The van der Waals surface area contributed by atoms with Gasteiger partial charge in [0.05, 0.1) is 23.6 Å². The van der Waals surface area contributed by atoms with Gasteiger partial charge < -0.3 is 14.7 Å². The first-order valence-electron chi connectivity index (χ1n) is 13.2. The van der Waals surface area contributed by atoms with E-state index < -0.39 is 16.1 Å². The van der Waals surface area contributed by atoms with Gasteiger partial charge in [-0.3, -0.25) is 4.79 Å². The minimum atomic E-state index is -3.78. The predicted molar refractivity (Wildman–Crippen MR) is 133 cm³/mol. The lowest BCUT2D eigenvalue weighted by Gasteiger charge is -2.62. The number of amides is 1. The second-order valence-electron chi connectivity index (χ2n) is 11.5. The number of hydrogen-bond donors (Lipinski definition) is 1. The third-order valence-electron chi connectivity index (χ3n) is 9.51. The largest absolute Gasteiger partial charge is 0.395 e. The standard InChI is InChI=1S/C27H40N2O5S/c1-4-5-25(31)28-15-27(16-28)17-29(35(32,33)21-9-6-18(2)7-10-21)24(14-30)23-13-19-12-20(34-3)8-11-22(19)26(23)27/h6-7,9-10,19-20,22-24,26,30H,4-5,8,11-17H2,1-3H3/t19?,20?,22?,23?,24-,26?/m0/s1. The summed E-state index contributed by atoms with van der Waals surface area (Å²) in [4.78, 5) is 14.9. The van der Waals surface area contributed by atoms with Crippen LogP contribution >= 0.6 is 0 Å². The maximum absolute atomic E-state index is 13.9. The highest BCUT2D eigenvalue weighted by molar-refractivity contribution is 7.89. The quantitative estimate of drug-likeness (QED) is 0.644. The van der Waals surface area contributed by atoms with Gasteiger partial charge in [-0.25, -0.2) is 8.42 Å². The molecule has 4 aliphatic rings. The summed E-state index contributed by atoms with van der Waals surface area (Å²) in [6.07, 6.45) is 5.66. The number of hydrogen-bond acceptors (Lipinski definition) is 5. The summed E-state index contributed by atoms with van der Waals surface area (Å²) in [6, 6.07) is 6.57. The summed E-state index contributed by atoms with van der Waals surface area (Å²) >= 11 is 0. The van der Waals surface area contributed by atoms with E-state index in [4.69, 9.17) is 4.74 Å². The van der Waals surface area contributed by atoms with Gasteiger partial charge in [-0.15, -0.1) is 0 Å². The number of carbonyl (C=O) groups is 1. The Morgan fingerprint density at radius 1 is 1.11 bits per heavy atom. The first kappa shape index (κ1) is 25.2. The Labute approximate surface area is 209 Å². The Kier molecular flexibility index (Phi) is 6.79. The molecule has 1 aromatic rings. The molecule has 1 amide bonds. The molecule has 5 rings (SSSR count). The third-order valence-corrected chi connectivity index (χ3v) is 11.4. The number of aliphatic hydroxyl groups is 1. The number of carbonyl (C=O) groups excluding carboxylic acids is 1. The number of sulfonamides is 1. The van der Waals surface area contributed by atoms with Crippen molar-refractivity contribution in [1.29, 1.82) is 0 Å². The Morgan fingerprint density at radius 3 is 2.46 bits per heavy atom. The fourth-order valence-electron chi connectivity index (χ4n) is 7.98. The number of rotatable bonds is 6. The molecule has 1 N–H and O–H groups in total. The van der Waals surface area contributed by atoms with E-state index in [1.54, 1.807) is 23.5 Å². The van der Waals surface area contributed by atoms with E-state index in [9.17, 15) is 18.3 Å². The normalized spacial score (nSPS) is 34.3. The van der Waals surface area contributed by atoms with Crippen molar-refractivity contribution in [2.24, 2.45) is 29.1 Å². The summed E-state index contributed by atoms with van der Waals surface area (Å²) < 4.78 is 35.2. The first-order chi connectivity index (χ1) is 16.7. The Morgan fingerprint density at radius 2 is 1.83 bits per heavy atom. The number of ether oxygens (including phenoxy) is 1. The summed E-state index contributed by atoms with van der Waals surface area (Å²) in [5, 5.41) is 10.6. The average molecular weight is 505 g/mol. The highest BCUT2D eigenvalue weighted by atomic mass is 32.2. The fraction of sp³-hybridized carbons (Fsp3) is 0.741. The molecule has 0 aromatic heterocycles. The lowest BCUT2D eigenvalue weighted by Crippen LogP contribution is -2.72. The Bertz CT molecular complexity index is 1040. The maximum Gasteiger partial charge on any atom is 0.243 e. The maximum atomic E-state index is 13.9. The van der Waals surface area contributed by atoms with Crippen LogP contribution in [-0.2, 0) is 19.6 Å². The number of aliphatic hydroxyl groups excluding tert-OH is 1. The van der Waals surface area contributed by atoms with Crippen molar-refractivity contribution in [3.8, 4) is 0 Å². The van der Waals surface area contributed by atoms with Gasteiger partial charge in [-0.1, -0.05) is 24.6 Å². The fourth-order valence-corrected chi connectivity index (χ4v) is 9.73. The van der Waals surface area contributed by atoms with Gasteiger partial charge in [0.2, 0.25) is 15.9 Å². The molecular formula is C27H40N2O5S. The van der Waals surface area contributed by atoms with Crippen molar-refractivity contribution in [1.82, 2.24) is 9.21 Å². The van der Waals surface area contributed by atoms with Gasteiger partial charge in [0.25, 0.3) is 0 Å². The van der Waals surface area contributed by atoms with Crippen molar-refractivity contribution in [3.63, 3.8) is 0 Å². The van der Waals surface area contributed by atoms with Crippen molar-refractivity contribution in [2.45, 2.75) is 69.4 Å². The number of nitrogens with zero attached hydrogens (tertiary/aromatic N) is 2. The summed E-state index contributed by atoms with van der Waals surface area (Å²) in [5.74, 6) is 1.59. The molecule has 2 heterocycles. The lowest BCUT2D eigenvalue weighted by molar-refractivity contribution is -0.163. The molecule has 35 heavy (non-hydrogen) atoms. The minimum absolute atomic E-state index is 0.100. The van der Waals surface area contributed by atoms with Crippen LogP contribution in [0.25, 0.3) is 0 Å². The molecule has 6 atom stereocenters. The molecule has 1 spiro atoms. The number of likely N-dealkylation sites (tertiary alicyclic amines) is 1. The van der Waals surface area contributed by atoms with Gasteiger partial charge in [0.1, 0.15) is 0 Å². The highest BCUT2D eigenvalue weighted by Crippen LogP contribution is 2.62. The van der Waals surface area contributed by atoms with Crippen molar-refractivity contribution >= 4 is 15.9 Å². The topological polar surface area (TPSA) is 87.2 Å². The first-order valence-corrected chi connectivity index (χ1v) is 14.7. The van der Waals surface area contributed by atoms with Crippen molar-refractivity contribution < 1.29 is 23.1 Å². The predicted octanol–water partition coefficient (Wildman–Crippen LogP) is 3.06. The van der Waals surface area contributed by atoms with Gasteiger partial charge in [0, 0.05) is 38.6 Å². The van der Waals surface area contributed by atoms with E-state index in [1.165, 1.54) is 0 Å². The molecule has 1 aromatic carbocycles. The number of methoxy groups -OCH3 is 1. The van der Waals surface area contributed by atoms with Crippen LogP contribution in [0.15, 0.2) is 29.2 Å². The van der Waals surface area contributed by atoms with E-state index in [2.05, 4.69) is 0 Å². The lowest BCUT2D eigenvalue weighted by atomic mass is 9.57. The zero-order valence-electron chi connectivity index (χ0n) is 21.2. The molecule has 2 saturated carbocycles. The second-order valence-corrected chi connectivity index (χ2v) is 13.4. The molecule has 0 bridgehead atoms. The number of fused-ring (bicyclic) bond motifs is 4. The van der Waals surface area contributed by atoms with Crippen LogP contribution < -0.4 is 0 Å². The van der Waals surface area contributed by atoms with Crippen LogP contribution in [0.2, 0.25) is 0 Å². The number of benzene rings is 1. The molecule has 2 saturated heterocycles. The smallest absolute Gasteiger partial charge is 0.243 e. The zero-order chi connectivity index (χ0) is 25.0. The molecule has 7 nitrogen and oxygen atoms in total. The van der Waals surface area contributed by atoms with Gasteiger partial charge in [-0.05, 0) is 74.8 Å². The highest BCUT2D eigenvalue weighted by Gasteiger charge is 2.65. The average Bonchev–Trinajstić information content (AvgIpc) is 3.21. The van der Waals surface area contributed by atoms with Crippen LogP contribution in [-0.4, -0.2) is 74.1 Å². The summed E-state index contributed by atoms with van der Waals surface area (Å²) in [5.41, 5.74) is 0.770. The number of piperidine rings is 1. The SMILES string of the molecule is CCCC(=O)N1CC2(C1)CN(S(=O)(=O)c1ccc(C)cc1)[C@@H](CO)C1CC3CC(OC)CCC3C12. The van der Waals surface area contributed by atoms with Crippen LogP contribution in [0.4, 0.5) is 0 Å². The van der Waals surface area contributed by atoms with E-state index >= 15 is 0 Å². The van der Waals surface area contributed by atoms with E-state index in [0.29, 0.717) is 43.8 Å². The van der Waals surface area contributed by atoms with Gasteiger partial charge >= 0.3 is 0 Å². The third kappa shape index (κ3) is 4.14. The van der Waals surface area contributed by atoms with Crippen molar-refractivity contribution in [2.75, 3.05) is 33.4 Å². The molecule has 4 fully saturated rings. The van der Waals surface area contributed by atoms with Crippen LogP contribution in [0, 0.1) is 36.0 Å². The van der Waals surface area contributed by atoms with E-state index in [0.717, 1.165) is 37.7 Å². The van der Waals surface area contributed by atoms with Gasteiger partial charge in [-0.2, -0.15) is 4.31 Å². The molecule has 2 aliphatic carbocycles. The van der Waals surface area contributed by atoms with E-state index in [-0.39, 0.29) is 34.8 Å². The molecule has 194 valence electrons. The Hall–Kier alpha value is -1.48. The van der Waals surface area contributed by atoms with E-state index in [1.807, 2.05) is 30.9 Å². The second kappa shape index (κ2) is 9.43. The van der Waals surface area contributed by atoms with Crippen LogP contribution in [0.3, 0.4) is 0 Å². The molecular weight excluding hydrogens is 464 g/mol. The van der Waals surface area contributed by atoms with Crippen molar-refractivity contribution in [3.05, 3.63) is 29.8 Å². The molecule has 5 unspecified atom stereocenters. The van der Waals surface area contributed by atoms with Crippen LogP contribution in [0.5, 0.6) is 0 Å². The summed E-state index contributed by atoms with van der Waals surface area (Å²) in [6.45, 7) is 5.42. The van der Waals surface area contributed by atoms with Crippen LogP contribution in [0.1, 0.15) is 51.0 Å². The van der Waals surface area contributed by atoms with Gasteiger partial charge in [0.15, 0.2) is 0 Å². The Balaban J connectivity index is 1.51. The molecule has 0 radical (unpaired) electrons. The molecule has 8 heteroatoms. The summed E-state index contributed by atoms with van der Waals surface area (Å²) in [7, 11) is -2.00. The monoisotopic (exact) mass is 504 g/mol. The zero-order valence-corrected chi connectivity index (χ0v) is 22.0. The minimum Gasteiger partial charge on any atom is -0.395 e.